The van der Waals surface area contributed by atoms with E-state index in [1.165, 1.54) is 25.3 Å². The maximum Gasteiger partial charge on any atom is 0.337 e. The molecule has 0 aliphatic heterocycles. The van der Waals surface area contributed by atoms with Crippen molar-refractivity contribution in [2.24, 2.45) is 7.05 Å². The second-order valence-electron chi connectivity index (χ2n) is 5.88. The number of nitro groups is 1. The van der Waals surface area contributed by atoms with Gasteiger partial charge in [-0.2, -0.15) is 5.10 Å². The van der Waals surface area contributed by atoms with Gasteiger partial charge >= 0.3 is 5.97 Å². The van der Waals surface area contributed by atoms with Gasteiger partial charge in [0.15, 0.2) is 0 Å². The van der Waals surface area contributed by atoms with Crippen molar-refractivity contribution in [1.82, 2.24) is 9.78 Å². The van der Waals surface area contributed by atoms with Gasteiger partial charge in [-0.25, -0.2) is 4.79 Å². The number of nitrogens with one attached hydrogen (secondary N) is 1. The summed E-state index contributed by atoms with van der Waals surface area (Å²) in [4.78, 5) is 22.5. The van der Waals surface area contributed by atoms with Crippen LogP contribution >= 0.6 is 0 Å². The zero-order chi connectivity index (χ0) is 19.4. The summed E-state index contributed by atoms with van der Waals surface area (Å²) >= 11 is 0. The van der Waals surface area contributed by atoms with Gasteiger partial charge in [0.25, 0.3) is 5.69 Å². The van der Waals surface area contributed by atoms with Crippen molar-refractivity contribution in [3.05, 3.63) is 76.0 Å². The van der Waals surface area contributed by atoms with E-state index in [1.807, 2.05) is 43.6 Å². The van der Waals surface area contributed by atoms with Crippen LogP contribution in [0.3, 0.4) is 0 Å². The molecule has 0 atom stereocenters. The molecule has 27 heavy (non-hydrogen) atoms. The van der Waals surface area contributed by atoms with Crippen molar-refractivity contribution in [3.63, 3.8) is 0 Å². The van der Waals surface area contributed by atoms with E-state index in [0.717, 1.165) is 16.8 Å². The molecule has 0 radical (unpaired) electrons. The highest BCUT2D eigenvalue weighted by Gasteiger charge is 2.18. The SMILES string of the molecule is COC(=O)c1ccc([N+](=O)[O-])c(NCc2cn(C)nc2-c2ccccc2)c1. The van der Waals surface area contributed by atoms with Crippen LogP contribution in [0.25, 0.3) is 11.3 Å². The van der Waals surface area contributed by atoms with Crippen molar-refractivity contribution >= 4 is 17.3 Å². The fourth-order valence-corrected chi connectivity index (χ4v) is 2.78. The van der Waals surface area contributed by atoms with Crippen molar-refractivity contribution < 1.29 is 14.5 Å². The maximum absolute atomic E-state index is 11.7. The number of esters is 1. The Morgan fingerprint density at radius 2 is 2.00 bits per heavy atom. The molecular weight excluding hydrogens is 348 g/mol. The van der Waals surface area contributed by atoms with E-state index in [2.05, 4.69) is 15.2 Å². The highest BCUT2D eigenvalue weighted by atomic mass is 16.6. The van der Waals surface area contributed by atoms with E-state index >= 15 is 0 Å². The van der Waals surface area contributed by atoms with Crippen molar-refractivity contribution in [2.75, 3.05) is 12.4 Å². The van der Waals surface area contributed by atoms with Gasteiger partial charge in [-0.3, -0.25) is 14.8 Å². The normalized spacial score (nSPS) is 10.4. The number of rotatable bonds is 6. The zero-order valence-corrected chi connectivity index (χ0v) is 14.9. The monoisotopic (exact) mass is 366 g/mol. The van der Waals surface area contributed by atoms with Gasteiger partial charge in [-0.15, -0.1) is 0 Å². The van der Waals surface area contributed by atoms with Crippen LogP contribution in [-0.4, -0.2) is 27.8 Å². The molecule has 0 spiro atoms. The first-order valence-electron chi connectivity index (χ1n) is 8.18. The topological polar surface area (TPSA) is 99.3 Å². The average Bonchev–Trinajstić information content (AvgIpc) is 3.06. The number of aromatic nitrogens is 2. The number of aryl methyl sites for hydroxylation is 1. The Kier molecular flexibility index (Phi) is 5.16. The number of methoxy groups -OCH3 is 1. The molecule has 1 heterocycles. The number of ether oxygens (including phenoxy) is 1. The van der Waals surface area contributed by atoms with Gasteiger partial charge in [0, 0.05) is 37.0 Å². The smallest absolute Gasteiger partial charge is 0.337 e. The largest absolute Gasteiger partial charge is 0.465 e. The molecule has 1 aromatic heterocycles. The van der Waals surface area contributed by atoms with Crippen molar-refractivity contribution in [1.29, 1.82) is 0 Å². The van der Waals surface area contributed by atoms with E-state index in [9.17, 15) is 14.9 Å². The summed E-state index contributed by atoms with van der Waals surface area (Å²) in [6.45, 7) is 0.309. The first-order chi connectivity index (χ1) is 13.0. The second kappa shape index (κ2) is 7.69. The quantitative estimate of drug-likeness (QED) is 0.408. The highest BCUT2D eigenvalue weighted by Crippen LogP contribution is 2.28. The summed E-state index contributed by atoms with van der Waals surface area (Å²) in [7, 11) is 3.08. The molecule has 1 N–H and O–H groups in total. The van der Waals surface area contributed by atoms with Crippen LogP contribution in [0, 0.1) is 10.1 Å². The summed E-state index contributed by atoms with van der Waals surface area (Å²) in [6.07, 6.45) is 1.85. The maximum atomic E-state index is 11.7. The number of hydrogen-bond donors (Lipinski definition) is 1. The molecule has 3 rings (SSSR count). The fraction of sp³-hybridized carbons (Fsp3) is 0.158. The molecule has 0 saturated heterocycles. The van der Waals surface area contributed by atoms with Crippen LogP contribution in [0.2, 0.25) is 0 Å². The predicted octanol–water partition coefficient (Wildman–Crippen LogP) is 3.39. The van der Waals surface area contributed by atoms with Crippen molar-refractivity contribution in [3.8, 4) is 11.3 Å². The molecule has 138 valence electrons. The number of nitro benzene ring substituents is 1. The molecule has 2 aromatic carbocycles. The third kappa shape index (κ3) is 3.95. The van der Waals surface area contributed by atoms with Gasteiger partial charge in [0.1, 0.15) is 5.69 Å². The molecule has 8 heteroatoms. The van der Waals surface area contributed by atoms with Crippen LogP contribution in [0.5, 0.6) is 0 Å². The number of carbonyl (C=O) groups excluding carboxylic acids is 1. The summed E-state index contributed by atoms with van der Waals surface area (Å²) in [5.41, 5.74) is 2.98. The summed E-state index contributed by atoms with van der Waals surface area (Å²) in [5.74, 6) is -0.556. The Morgan fingerprint density at radius 1 is 1.26 bits per heavy atom. The fourth-order valence-electron chi connectivity index (χ4n) is 2.78. The molecule has 3 aromatic rings. The average molecular weight is 366 g/mol. The number of hydrogen-bond acceptors (Lipinski definition) is 6. The van der Waals surface area contributed by atoms with Gasteiger partial charge in [0.2, 0.25) is 0 Å². The van der Waals surface area contributed by atoms with Crippen LogP contribution in [0.15, 0.2) is 54.7 Å². The Bertz CT molecular complexity index is 983. The first kappa shape index (κ1) is 18.1. The van der Waals surface area contributed by atoms with Gasteiger partial charge in [0.05, 0.1) is 23.3 Å². The third-order valence-electron chi connectivity index (χ3n) is 4.04. The molecule has 0 saturated carbocycles. The lowest BCUT2D eigenvalue weighted by molar-refractivity contribution is -0.384. The number of benzene rings is 2. The minimum atomic E-state index is -0.556. The Balaban J connectivity index is 1.91. The first-order valence-corrected chi connectivity index (χ1v) is 8.18. The van der Waals surface area contributed by atoms with E-state index < -0.39 is 10.9 Å². The summed E-state index contributed by atoms with van der Waals surface area (Å²) < 4.78 is 6.38. The number of anilines is 1. The molecule has 0 aliphatic rings. The highest BCUT2D eigenvalue weighted by molar-refractivity contribution is 5.91. The van der Waals surface area contributed by atoms with E-state index in [-0.39, 0.29) is 16.9 Å². The lowest BCUT2D eigenvalue weighted by Crippen LogP contribution is -2.06. The predicted molar refractivity (Wildman–Crippen MR) is 100 cm³/mol. The zero-order valence-electron chi connectivity index (χ0n) is 14.9. The van der Waals surface area contributed by atoms with E-state index in [1.54, 1.807) is 4.68 Å². The van der Waals surface area contributed by atoms with Crippen LogP contribution in [0.1, 0.15) is 15.9 Å². The Morgan fingerprint density at radius 3 is 2.67 bits per heavy atom. The Labute approximate surface area is 155 Å². The van der Waals surface area contributed by atoms with E-state index in [4.69, 9.17) is 0 Å². The van der Waals surface area contributed by atoms with Gasteiger partial charge < -0.3 is 10.1 Å². The van der Waals surface area contributed by atoms with Crippen LogP contribution in [0.4, 0.5) is 11.4 Å². The molecule has 0 bridgehead atoms. The lowest BCUT2D eigenvalue weighted by Gasteiger charge is -2.09. The molecule has 0 fully saturated rings. The second-order valence-corrected chi connectivity index (χ2v) is 5.88. The lowest BCUT2D eigenvalue weighted by atomic mass is 10.1. The standard InChI is InChI=1S/C19H18N4O4/c1-22-12-15(18(21-22)13-6-4-3-5-7-13)11-20-16-10-14(19(24)27-2)8-9-17(16)23(25)26/h3-10,12,20H,11H2,1-2H3. The summed E-state index contributed by atoms with van der Waals surface area (Å²) in [5, 5.41) is 18.8. The van der Waals surface area contributed by atoms with Crippen LogP contribution in [-0.2, 0) is 18.3 Å². The summed E-state index contributed by atoms with van der Waals surface area (Å²) in [6, 6.07) is 13.7. The Hall–Kier alpha value is -3.68. The van der Waals surface area contributed by atoms with E-state index in [0.29, 0.717) is 6.54 Å². The van der Waals surface area contributed by atoms with Crippen LogP contribution < -0.4 is 5.32 Å². The number of nitrogens with zero attached hydrogens (tertiary/aromatic N) is 3. The van der Waals surface area contributed by atoms with Gasteiger partial charge in [-0.1, -0.05) is 30.3 Å². The molecule has 0 aliphatic carbocycles. The third-order valence-corrected chi connectivity index (χ3v) is 4.04. The molecule has 0 unspecified atom stereocenters. The molecule has 0 amide bonds. The minimum Gasteiger partial charge on any atom is -0.465 e. The number of carbonyl (C=O) groups is 1. The molecule has 8 nitrogen and oxygen atoms in total. The van der Waals surface area contributed by atoms with Gasteiger partial charge in [-0.05, 0) is 12.1 Å². The molecular formula is C19H18N4O4. The minimum absolute atomic E-state index is 0.118. The van der Waals surface area contributed by atoms with Crippen molar-refractivity contribution in [2.45, 2.75) is 6.54 Å².